The first-order valence-corrected chi connectivity index (χ1v) is 4.84. The first kappa shape index (κ1) is 12.3. The maximum Gasteiger partial charge on any atom is 0.407 e. The molecule has 1 amide bonds. The Bertz CT molecular complexity index is 161. The van der Waals surface area contributed by atoms with E-state index in [1.165, 1.54) is 0 Å². The molecule has 0 heterocycles. The van der Waals surface area contributed by atoms with Gasteiger partial charge in [-0.05, 0) is 34.1 Å². The molecule has 3 heteroatoms. The van der Waals surface area contributed by atoms with Crippen molar-refractivity contribution in [1.82, 2.24) is 5.32 Å². The molecule has 0 rings (SSSR count). The highest BCUT2D eigenvalue weighted by atomic mass is 16.6. The summed E-state index contributed by atoms with van der Waals surface area (Å²) in [6, 6.07) is 0.194. The monoisotopic (exact) mass is 187 g/mol. The van der Waals surface area contributed by atoms with Gasteiger partial charge >= 0.3 is 6.09 Å². The van der Waals surface area contributed by atoms with E-state index >= 15 is 0 Å². The number of amides is 1. The van der Waals surface area contributed by atoms with Gasteiger partial charge in [-0.2, -0.15) is 0 Å². The maximum absolute atomic E-state index is 11.2. The highest BCUT2D eigenvalue weighted by Crippen LogP contribution is 2.07. The Morgan fingerprint density at radius 2 is 2.00 bits per heavy atom. The number of hydrogen-bond acceptors (Lipinski definition) is 2. The van der Waals surface area contributed by atoms with Crippen LogP contribution in [-0.2, 0) is 4.74 Å². The van der Waals surface area contributed by atoms with Crippen LogP contribution in [0.5, 0.6) is 0 Å². The molecule has 3 nitrogen and oxygen atoms in total. The van der Waals surface area contributed by atoms with Gasteiger partial charge in [-0.3, -0.25) is 0 Å². The van der Waals surface area contributed by atoms with Crippen LogP contribution in [0.2, 0.25) is 0 Å². The van der Waals surface area contributed by atoms with Crippen LogP contribution in [0.25, 0.3) is 0 Å². The van der Waals surface area contributed by atoms with Crippen LogP contribution < -0.4 is 5.32 Å². The van der Waals surface area contributed by atoms with E-state index in [4.69, 9.17) is 4.74 Å². The molecule has 1 atom stereocenters. The molecule has 0 fully saturated rings. The molecule has 0 aliphatic carbocycles. The Morgan fingerprint density at radius 1 is 1.46 bits per heavy atom. The summed E-state index contributed by atoms with van der Waals surface area (Å²) in [5.41, 5.74) is -0.407. The van der Waals surface area contributed by atoms with Crippen LogP contribution >= 0.6 is 0 Å². The van der Waals surface area contributed by atoms with Crippen molar-refractivity contribution in [2.45, 2.75) is 59.1 Å². The summed E-state index contributed by atoms with van der Waals surface area (Å²) < 4.78 is 5.10. The van der Waals surface area contributed by atoms with E-state index < -0.39 is 5.60 Å². The number of ether oxygens (including phenoxy) is 1. The number of hydrogen-bond donors (Lipinski definition) is 1. The zero-order valence-electron chi connectivity index (χ0n) is 9.31. The van der Waals surface area contributed by atoms with Gasteiger partial charge in [-0.1, -0.05) is 13.3 Å². The summed E-state index contributed by atoms with van der Waals surface area (Å²) >= 11 is 0. The minimum Gasteiger partial charge on any atom is -0.444 e. The van der Waals surface area contributed by atoms with Gasteiger partial charge in [0.05, 0.1) is 0 Å². The van der Waals surface area contributed by atoms with Crippen LogP contribution in [0.4, 0.5) is 4.79 Å². The summed E-state index contributed by atoms with van der Waals surface area (Å²) in [6.07, 6.45) is 1.73. The summed E-state index contributed by atoms with van der Waals surface area (Å²) in [5, 5.41) is 2.78. The third kappa shape index (κ3) is 7.62. The van der Waals surface area contributed by atoms with E-state index in [-0.39, 0.29) is 12.1 Å². The molecule has 1 N–H and O–H groups in total. The lowest BCUT2D eigenvalue weighted by atomic mass is 10.2. The van der Waals surface area contributed by atoms with Gasteiger partial charge in [0.15, 0.2) is 0 Å². The second kappa shape index (κ2) is 5.10. The molecule has 0 spiro atoms. The van der Waals surface area contributed by atoms with Crippen molar-refractivity contribution < 1.29 is 9.53 Å². The van der Waals surface area contributed by atoms with E-state index in [1.54, 1.807) is 0 Å². The van der Waals surface area contributed by atoms with E-state index in [9.17, 15) is 4.79 Å². The molecule has 0 aliphatic heterocycles. The molecule has 13 heavy (non-hydrogen) atoms. The molecule has 0 aromatic heterocycles. The van der Waals surface area contributed by atoms with Crippen LogP contribution in [0.15, 0.2) is 0 Å². The number of alkyl carbamates (subject to hydrolysis) is 1. The molecule has 0 unspecified atom stereocenters. The van der Waals surface area contributed by atoms with Gasteiger partial charge in [0.2, 0.25) is 0 Å². The van der Waals surface area contributed by atoms with Gasteiger partial charge in [0.25, 0.3) is 0 Å². The summed E-state index contributed by atoms with van der Waals surface area (Å²) in [6.45, 7) is 9.64. The van der Waals surface area contributed by atoms with Gasteiger partial charge < -0.3 is 10.1 Å². The molecule has 0 saturated carbocycles. The largest absolute Gasteiger partial charge is 0.444 e. The second-order valence-electron chi connectivity index (χ2n) is 4.34. The second-order valence-corrected chi connectivity index (χ2v) is 4.34. The Labute approximate surface area is 80.8 Å². The van der Waals surface area contributed by atoms with Gasteiger partial charge in [0.1, 0.15) is 5.60 Å². The summed E-state index contributed by atoms with van der Waals surface area (Å²) in [4.78, 5) is 11.2. The predicted molar refractivity (Wildman–Crippen MR) is 53.7 cm³/mol. The zero-order valence-corrected chi connectivity index (χ0v) is 9.31. The normalized spacial score (nSPS) is 13.6. The summed E-state index contributed by atoms with van der Waals surface area (Å²) in [7, 11) is 0. The van der Waals surface area contributed by atoms with Gasteiger partial charge in [0, 0.05) is 6.04 Å². The highest BCUT2D eigenvalue weighted by Gasteiger charge is 2.16. The van der Waals surface area contributed by atoms with Gasteiger partial charge in [-0.15, -0.1) is 0 Å². The predicted octanol–water partition coefficient (Wildman–Crippen LogP) is 2.70. The van der Waals surface area contributed by atoms with Crippen molar-refractivity contribution in [3.8, 4) is 0 Å². The van der Waals surface area contributed by atoms with Crippen LogP contribution in [0.3, 0.4) is 0 Å². The molecule has 0 aliphatic rings. The Balaban J connectivity index is 3.74. The average molecular weight is 187 g/mol. The third-order valence-corrected chi connectivity index (χ3v) is 1.48. The number of carbonyl (C=O) groups is 1. The number of carbonyl (C=O) groups excluding carboxylic acids is 1. The van der Waals surface area contributed by atoms with Crippen molar-refractivity contribution in [2.75, 3.05) is 0 Å². The molecule has 0 aromatic rings. The average Bonchev–Trinajstić information content (AvgIpc) is 1.81. The lowest BCUT2D eigenvalue weighted by Gasteiger charge is -2.21. The van der Waals surface area contributed by atoms with Crippen LogP contribution in [0, 0.1) is 0 Å². The third-order valence-electron chi connectivity index (χ3n) is 1.48. The lowest BCUT2D eigenvalue weighted by Crippen LogP contribution is -2.37. The first-order valence-electron chi connectivity index (χ1n) is 4.84. The first-order chi connectivity index (χ1) is 5.85. The van der Waals surface area contributed by atoms with Crippen molar-refractivity contribution in [3.63, 3.8) is 0 Å². The molecule has 0 radical (unpaired) electrons. The molecule has 0 aromatic carbocycles. The van der Waals surface area contributed by atoms with Crippen molar-refractivity contribution in [3.05, 3.63) is 0 Å². The standard InChI is InChI=1S/C10H21NO2/c1-6-7-8(2)11-9(12)13-10(3,4)5/h8H,6-7H2,1-5H3,(H,11,12)/t8-/m1/s1. The maximum atomic E-state index is 11.2. The van der Waals surface area contributed by atoms with Crippen molar-refractivity contribution >= 4 is 6.09 Å². The fraction of sp³-hybridized carbons (Fsp3) is 0.900. The number of rotatable bonds is 3. The Morgan fingerprint density at radius 3 is 2.38 bits per heavy atom. The fourth-order valence-electron chi connectivity index (χ4n) is 1.01. The lowest BCUT2D eigenvalue weighted by molar-refractivity contribution is 0.0506. The smallest absolute Gasteiger partial charge is 0.407 e. The molecular weight excluding hydrogens is 166 g/mol. The highest BCUT2D eigenvalue weighted by molar-refractivity contribution is 5.67. The topological polar surface area (TPSA) is 38.3 Å². The van der Waals surface area contributed by atoms with Crippen molar-refractivity contribution in [2.24, 2.45) is 0 Å². The summed E-state index contributed by atoms with van der Waals surface area (Å²) in [5.74, 6) is 0. The van der Waals surface area contributed by atoms with E-state index in [0.717, 1.165) is 12.8 Å². The van der Waals surface area contributed by atoms with E-state index in [1.807, 2.05) is 27.7 Å². The van der Waals surface area contributed by atoms with Crippen molar-refractivity contribution in [1.29, 1.82) is 0 Å². The fourth-order valence-corrected chi connectivity index (χ4v) is 1.01. The zero-order chi connectivity index (χ0) is 10.5. The minimum absolute atomic E-state index is 0.194. The van der Waals surface area contributed by atoms with Crippen LogP contribution in [-0.4, -0.2) is 17.7 Å². The molecule has 78 valence electrons. The molecule has 0 saturated heterocycles. The van der Waals surface area contributed by atoms with E-state index in [0.29, 0.717) is 0 Å². The molecular formula is C10H21NO2. The van der Waals surface area contributed by atoms with Crippen LogP contribution in [0.1, 0.15) is 47.5 Å². The molecule has 0 bridgehead atoms. The minimum atomic E-state index is -0.407. The van der Waals surface area contributed by atoms with Gasteiger partial charge in [-0.25, -0.2) is 4.79 Å². The Kier molecular flexibility index (Phi) is 4.81. The van der Waals surface area contributed by atoms with E-state index in [2.05, 4.69) is 12.2 Å². The number of nitrogens with one attached hydrogen (secondary N) is 1. The quantitative estimate of drug-likeness (QED) is 0.737. The Hall–Kier alpha value is -0.730. The SMILES string of the molecule is CCC[C@@H](C)NC(=O)OC(C)(C)C.